The minimum atomic E-state index is -0.259. The highest BCUT2D eigenvalue weighted by Crippen LogP contribution is 2.07. The van der Waals surface area contributed by atoms with Crippen LogP contribution < -0.4 is 5.32 Å². The number of aromatic nitrogens is 3. The second-order valence-electron chi connectivity index (χ2n) is 4.35. The van der Waals surface area contributed by atoms with Gasteiger partial charge in [-0.05, 0) is 13.3 Å². The molecule has 2 amide bonds. The normalized spacial score (nSPS) is 15.2. The Kier molecular flexibility index (Phi) is 3.59. The minimum Gasteiger partial charge on any atom is -0.348 e. The van der Waals surface area contributed by atoms with Gasteiger partial charge in [-0.1, -0.05) is 0 Å². The van der Waals surface area contributed by atoms with Crippen LogP contribution >= 0.6 is 0 Å². The van der Waals surface area contributed by atoms with Crippen LogP contribution in [0.1, 0.15) is 29.3 Å². The zero-order chi connectivity index (χ0) is 13.1. The zero-order valence-electron chi connectivity index (χ0n) is 10.6. The van der Waals surface area contributed by atoms with Crippen molar-refractivity contribution in [1.29, 1.82) is 0 Å². The summed E-state index contributed by atoms with van der Waals surface area (Å²) in [7, 11) is 1.68. The molecule has 0 bridgehead atoms. The van der Waals surface area contributed by atoms with Gasteiger partial charge < -0.3 is 10.2 Å². The number of hydrogen-bond donors (Lipinski definition) is 1. The first-order valence-corrected chi connectivity index (χ1v) is 6.01. The molecule has 2 heterocycles. The fraction of sp³-hybridized carbons (Fsp3) is 0.636. The molecule has 1 aromatic heterocycles. The summed E-state index contributed by atoms with van der Waals surface area (Å²) in [4.78, 5) is 29.0. The van der Waals surface area contributed by atoms with Gasteiger partial charge in [0.05, 0.1) is 0 Å². The van der Waals surface area contributed by atoms with Crippen LogP contribution in [0.3, 0.4) is 0 Å². The molecule has 0 aromatic carbocycles. The largest absolute Gasteiger partial charge is 0.348 e. The molecule has 0 aliphatic carbocycles. The van der Waals surface area contributed by atoms with E-state index in [1.165, 1.54) is 4.68 Å². The molecule has 1 aromatic rings. The van der Waals surface area contributed by atoms with Crippen LogP contribution in [0.25, 0.3) is 0 Å². The van der Waals surface area contributed by atoms with E-state index in [2.05, 4.69) is 15.4 Å². The summed E-state index contributed by atoms with van der Waals surface area (Å²) >= 11 is 0. The number of amides is 2. The molecule has 1 saturated heterocycles. The SMILES string of the molecule is Cc1nc(C(=O)NCCN2CCCC2=O)n(C)n1. The Morgan fingerprint density at radius 3 is 2.83 bits per heavy atom. The highest BCUT2D eigenvalue weighted by molar-refractivity contribution is 5.90. The summed E-state index contributed by atoms with van der Waals surface area (Å²) in [5.74, 6) is 0.765. The maximum atomic E-state index is 11.8. The van der Waals surface area contributed by atoms with Crippen LogP contribution in [0, 0.1) is 6.92 Å². The second kappa shape index (κ2) is 5.16. The Bertz CT molecular complexity index is 468. The van der Waals surface area contributed by atoms with E-state index in [0.29, 0.717) is 31.2 Å². The molecule has 98 valence electrons. The van der Waals surface area contributed by atoms with Crippen LogP contribution in [-0.2, 0) is 11.8 Å². The molecule has 1 aliphatic rings. The molecule has 7 nitrogen and oxygen atoms in total. The highest BCUT2D eigenvalue weighted by atomic mass is 16.2. The molecule has 1 N–H and O–H groups in total. The van der Waals surface area contributed by atoms with Gasteiger partial charge in [0.25, 0.3) is 5.91 Å². The summed E-state index contributed by atoms with van der Waals surface area (Å²) in [6.07, 6.45) is 1.53. The van der Waals surface area contributed by atoms with Crippen LogP contribution in [0.2, 0.25) is 0 Å². The van der Waals surface area contributed by atoms with E-state index in [1.807, 2.05) is 0 Å². The Balaban J connectivity index is 1.81. The minimum absolute atomic E-state index is 0.166. The maximum Gasteiger partial charge on any atom is 0.288 e. The summed E-state index contributed by atoms with van der Waals surface area (Å²) in [6.45, 7) is 3.52. The molecule has 0 unspecified atom stereocenters. The number of carbonyl (C=O) groups excluding carboxylic acids is 2. The Morgan fingerprint density at radius 2 is 2.28 bits per heavy atom. The van der Waals surface area contributed by atoms with E-state index >= 15 is 0 Å². The molecule has 1 fully saturated rings. The van der Waals surface area contributed by atoms with Gasteiger partial charge in [0, 0.05) is 33.1 Å². The Hall–Kier alpha value is -1.92. The number of carbonyl (C=O) groups is 2. The summed E-state index contributed by atoms with van der Waals surface area (Å²) in [5.41, 5.74) is 0. The number of nitrogens with zero attached hydrogens (tertiary/aromatic N) is 4. The summed E-state index contributed by atoms with van der Waals surface area (Å²) in [6, 6.07) is 0. The molecule has 0 saturated carbocycles. The molecule has 7 heteroatoms. The van der Waals surface area contributed by atoms with E-state index in [-0.39, 0.29) is 11.8 Å². The van der Waals surface area contributed by atoms with Crippen LogP contribution in [-0.4, -0.2) is 51.1 Å². The predicted molar refractivity (Wildman–Crippen MR) is 63.9 cm³/mol. The van der Waals surface area contributed by atoms with E-state index in [1.54, 1.807) is 18.9 Å². The van der Waals surface area contributed by atoms with Gasteiger partial charge in [-0.3, -0.25) is 9.59 Å². The van der Waals surface area contributed by atoms with Crippen molar-refractivity contribution in [2.24, 2.45) is 7.05 Å². The zero-order valence-corrected chi connectivity index (χ0v) is 10.6. The lowest BCUT2D eigenvalue weighted by Crippen LogP contribution is -2.36. The Labute approximate surface area is 105 Å². The van der Waals surface area contributed by atoms with E-state index in [9.17, 15) is 9.59 Å². The monoisotopic (exact) mass is 251 g/mol. The van der Waals surface area contributed by atoms with Gasteiger partial charge in [-0.2, -0.15) is 5.10 Å². The molecule has 1 aliphatic heterocycles. The van der Waals surface area contributed by atoms with Crippen molar-refractivity contribution in [2.75, 3.05) is 19.6 Å². The average Bonchev–Trinajstić information content (AvgIpc) is 2.85. The Morgan fingerprint density at radius 1 is 1.50 bits per heavy atom. The number of aryl methyl sites for hydroxylation is 2. The first-order valence-electron chi connectivity index (χ1n) is 6.01. The molecule has 0 spiro atoms. The smallest absolute Gasteiger partial charge is 0.288 e. The highest BCUT2D eigenvalue weighted by Gasteiger charge is 2.20. The van der Waals surface area contributed by atoms with E-state index < -0.39 is 0 Å². The van der Waals surface area contributed by atoms with Gasteiger partial charge in [0.15, 0.2) is 0 Å². The molecular weight excluding hydrogens is 234 g/mol. The number of rotatable bonds is 4. The van der Waals surface area contributed by atoms with Crippen LogP contribution in [0.4, 0.5) is 0 Å². The molecule has 0 radical (unpaired) electrons. The number of nitrogens with one attached hydrogen (secondary N) is 1. The quantitative estimate of drug-likeness (QED) is 0.780. The second-order valence-corrected chi connectivity index (χ2v) is 4.35. The van der Waals surface area contributed by atoms with Crippen molar-refractivity contribution in [3.63, 3.8) is 0 Å². The first-order chi connectivity index (χ1) is 8.58. The third-order valence-corrected chi connectivity index (χ3v) is 2.91. The first kappa shape index (κ1) is 12.5. The van der Waals surface area contributed by atoms with Gasteiger partial charge >= 0.3 is 0 Å². The lowest BCUT2D eigenvalue weighted by atomic mass is 10.4. The average molecular weight is 251 g/mol. The lowest BCUT2D eigenvalue weighted by molar-refractivity contribution is -0.127. The summed E-state index contributed by atoms with van der Waals surface area (Å²) in [5, 5.41) is 6.75. The molecule has 18 heavy (non-hydrogen) atoms. The van der Waals surface area contributed by atoms with Crippen molar-refractivity contribution in [2.45, 2.75) is 19.8 Å². The fourth-order valence-corrected chi connectivity index (χ4v) is 2.03. The third-order valence-electron chi connectivity index (χ3n) is 2.91. The lowest BCUT2D eigenvalue weighted by Gasteiger charge is -2.15. The topological polar surface area (TPSA) is 80.1 Å². The van der Waals surface area contributed by atoms with Gasteiger partial charge in [0.1, 0.15) is 5.82 Å². The van der Waals surface area contributed by atoms with Crippen molar-refractivity contribution < 1.29 is 9.59 Å². The number of likely N-dealkylation sites (tertiary alicyclic amines) is 1. The van der Waals surface area contributed by atoms with Gasteiger partial charge in [-0.25, -0.2) is 9.67 Å². The molecular formula is C11H17N5O2. The standard InChI is InChI=1S/C11H17N5O2/c1-8-13-10(15(2)14-8)11(18)12-5-7-16-6-3-4-9(16)17/h3-7H2,1-2H3,(H,12,18). The maximum absolute atomic E-state index is 11.8. The predicted octanol–water partition coefficient (Wildman–Crippen LogP) is -0.524. The summed E-state index contributed by atoms with van der Waals surface area (Å²) < 4.78 is 1.45. The van der Waals surface area contributed by atoms with Gasteiger partial charge in [0.2, 0.25) is 11.7 Å². The van der Waals surface area contributed by atoms with Crippen LogP contribution in [0.15, 0.2) is 0 Å². The fourth-order valence-electron chi connectivity index (χ4n) is 2.03. The van der Waals surface area contributed by atoms with Crippen molar-refractivity contribution in [3.8, 4) is 0 Å². The number of hydrogen-bond acceptors (Lipinski definition) is 4. The van der Waals surface area contributed by atoms with Crippen molar-refractivity contribution in [3.05, 3.63) is 11.6 Å². The van der Waals surface area contributed by atoms with Gasteiger partial charge in [-0.15, -0.1) is 0 Å². The molecule has 2 rings (SSSR count). The van der Waals surface area contributed by atoms with Crippen LogP contribution in [0.5, 0.6) is 0 Å². The van der Waals surface area contributed by atoms with E-state index in [0.717, 1.165) is 13.0 Å². The molecule has 0 atom stereocenters. The van der Waals surface area contributed by atoms with Crippen molar-refractivity contribution in [1.82, 2.24) is 25.0 Å². The third kappa shape index (κ3) is 2.66. The van der Waals surface area contributed by atoms with E-state index in [4.69, 9.17) is 0 Å². The van der Waals surface area contributed by atoms with Crippen molar-refractivity contribution >= 4 is 11.8 Å².